The number of rotatable bonds is 5. The number of hydrogen-bond acceptors (Lipinski definition) is 3. The van der Waals surface area contributed by atoms with Crippen LogP contribution in [0.25, 0.3) is 0 Å². The third kappa shape index (κ3) is 4.33. The van der Waals surface area contributed by atoms with Crippen molar-refractivity contribution in [2.45, 2.75) is 18.9 Å². The average molecular weight is 346 g/mol. The zero-order valence-corrected chi connectivity index (χ0v) is 14.0. The Labute approximate surface area is 145 Å². The maximum atomic E-state index is 13.2. The van der Waals surface area contributed by atoms with E-state index in [1.165, 1.54) is 0 Å². The molecule has 0 bridgehead atoms. The first-order chi connectivity index (χ1) is 12.0. The van der Waals surface area contributed by atoms with E-state index < -0.39 is 11.6 Å². The lowest BCUT2D eigenvalue weighted by Gasteiger charge is -2.24. The number of nitrogens with one attached hydrogen (secondary N) is 1. The molecule has 2 aromatic rings. The molecule has 3 rings (SSSR count). The summed E-state index contributed by atoms with van der Waals surface area (Å²) < 4.78 is 31.7. The number of hydrogen-bond donors (Lipinski definition) is 1. The van der Waals surface area contributed by atoms with Crippen molar-refractivity contribution in [3.05, 3.63) is 59.7 Å². The summed E-state index contributed by atoms with van der Waals surface area (Å²) in [5, 5.41) is 2.56. The molecule has 1 amide bonds. The van der Waals surface area contributed by atoms with Crippen LogP contribution in [0.1, 0.15) is 24.4 Å². The molecule has 0 aromatic heterocycles. The maximum absolute atomic E-state index is 13.2. The lowest BCUT2D eigenvalue weighted by molar-refractivity contribution is -0.117. The Morgan fingerprint density at radius 3 is 2.72 bits per heavy atom. The summed E-state index contributed by atoms with van der Waals surface area (Å²) in [7, 11) is 1.62. The first-order valence-corrected chi connectivity index (χ1v) is 8.19. The number of carbonyl (C=O) groups is 1. The molecule has 1 aliphatic heterocycles. The lowest BCUT2D eigenvalue weighted by Crippen LogP contribution is -2.33. The highest BCUT2D eigenvalue weighted by atomic mass is 19.1. The summed E-state index contributed by atoms with van der Waals surface area (Å²) in [4.78, 5) is 14.3. The van der Waals surface area contributed by atoms with Gasteiger partial charge < -0.3 is 10.1 Å². The molecular weight excluding hydrogens is 326 g/mol. The Hall–Kier alpha value is -2.47. The van der Waals surface area contributed by atoms with Gasteiger partial charge in [0.1, 0.15) is 17.4 Å². The fourth-order valence-corrected chi connectivity index (χ4v) is 3.25. The monoisotopic (exact) mass is 346 g/mol. The van der Waals surface area contributed by atoms with Crippen molar-refractivity contribution in [3.63, 3.8) is 0 Å². The van der Waals surface area contributed by atoms with E-state index >= 15 is 0 Å². The van der Waals surface area contributed by atoms with Crippen molar-refractivity contribution in [2.75, 3.05) is 25.5 Å². The van der Waals surface area contributed by atoms with Crippen molar-refractivity contribution in [1.29, 1.82) is 0 Å². The molecule has 2 aromatic carbocycles. The summed E-state index contributed by atoms with van der Waals surface area (Å²) in [6.07, 6.45) is 1.94. The van der Waals surface area contributed by atoms with Crippen molar-refractivity contribution in [3.8, 4) is 5.75 Å². The lowest BCUT2D eigenvalue weighted by atomic mass is 10.0. The number of methoxy groups -OCH3 is 1. The summed E-state index contributed by atoms with van der Waals surface area (Å²) in [6, 6.07) is 10.9. The Kier molecular flexibility index (Phi) is 5.28. The Morgan fingerprint density at radius 2 is 2.00 bits per heavy atom. The molecule has 1 atom stereocenters. The number of carbonyl (C=O) groups excluding carboxylic acids is 1. The van der Waals surface area contributed by atoms with E-state index in [9.17, 15) is 13.6 Å². The molecule has 1 N–H and O–H groups in total. The highest BCUT2D eigenvalue weighted by Crippen LogP contribution is 2.33. The zero-order chi connectivity index (χ0) is 17.8. The second-order valence-electron chi connectivity index (χ2n) is 6.11. The molecule has 1 heterocycles. The average Bonchev–Trinajstić information content (AvgIpc) is 3.01. The molecule has 132 valence electrons. The summed E-state index contributed by atoms with van der Waals surface area (Å²) in [5.41, 5.74) is 1.22. The van der Waals surface area contributed by atoms with Crippen LogP contribution in [0.5, 0.6) is 5.75 Å². The first-order valence-electron chi connectivity index (χ1n) is 8.19. The van der Waals surface area contributed by atoms with Crippen LogP contribution < -0.4 is 10.1 Å². The van der Waals surface area contributed by atoms with E-state index in [1.807, 2.05) is 24.3 Å². The van der Waals surface area contributed by atoms with Crippen molar-refractivity contribution in [1.82, 2.24) is 4.90 Å². The minimum absolute atomic E-state index is 0.125. The molecule has 4 nitrogen and oxygen atoms in total. The fraction of sp³-hybridized carbons (Fsp3) is 0.316. The van der Waals surface area contributed by atoms with Crippen molar-refractivity contribution in [2.24, 2.45) is 0 Å². The largest absolute Gasteiger partial charge is 0.497 e. The maximum Gasteiger partial charge on any atom is 0.238 e. The highest BCUT2D eigenvalue weighted by molar-refractivity contribution is 5.92. The van der Waals surface area contributed by atoms with Crippen LogP contribution in [0.15, 0.2) is 42.5 Å². The van der Waals surface area contributed by atoms with E-state index in [4.69, 9.17) is 4.74 Å². The molecule has 0 spiro atoms. The van der Waals surface area contributed by atoms with Gasteiger partial charge in [0.05, 0.1) is 13.7 Å². The highest BCUT2D eigenvalue weighted by Gasteiger charge is 2.27. The number of anilines is 1. The van der Waals surface area contributed by atoms with Crippen LogP contribution in [-0.2, 0) is 4.79 Å². The van der Waals surface area contributed by atoms with E-state index in [-0.39, 0.29) is 24.2 Å². The van der Waals surface area contributed by atoms with Gasteiger partial charge in [0, 0.05) is 17.8 Å². The van der Waals surface area contributed by atoms with Gasteiger partial charge in [-0.15, -0.1) is 0 Å². The molecule has 1 saturated heterocycles. The van der Waals surface area contributed by atoms with E-state index in [1.54, 1.807) is 7.11 Å². The van der Waals surface area contributed by atoms with Gasteiger partial charge in [0.15, 0.2) is 0 Å². The second-order valence-corrected chi connectivity index (χ2v) is 6.11. The first kappa shape index (κ1) is 17.4. The molecular formula is C19H20F2N2O2. The minimum Gasteiger partial charge on any atom is -0.497 e. The standard InChI is InChI=1S/C19H20F2N2O2/c1-25-17-5-2-4-13(8-17)18-6-3-7-23(18)12-19(24)22-16-10-14(20)9-15(21)11-16/h2,4-5,8-11,18H,3,6-7,12H2,1H3,(H,22,24)/t18-/m1/s1. The number of ether oxygens (including phenoxy) is 1. The van der Waals surface area contributed by atoms with E-state index in [0.717, 1.165) is 48.9 Å². The van der Waals surface area contributed by atoms with Crippen LogP contribution in [-0.4, -0.2) is 31.0 Å². The molecule has 0 saturated carbocycles. The quantitative estimate of drug-likeness (QED) is 0.896. The van der Waals surface area contributed by atoms with Gasteiger partial charge in [-0.1, -0.05) is 12.1 Å². The number of amides is 1. The molecule has 1 fully saturated rings. The predicted molar refractivity (Wildman–Crippen MR) is 91.5 cm³/mol. The van der Waals surface area contributed by atoms with Gasteiger partial charge in [-0.3, -0.25) is 9.69 Å². The molecule has 6 heteroatoms. The Bertz CT molecular complexity index is 747. The summed E-state index contributed by atoms with van der Waals surface area (Å²) in [6.45, 7) is 0.965. The zero-order valence-electron chi connectivity index (χ0n) is 14.0. The van der Waals surface area contributed by atoms with Crippen LogP contribution >= 0.6 is 0 Å². The third-order valence-electron chi connectivity index (χ3n) is 4.34. The fourth-order valence-electron chi connectivity index (χ4n) is 3.25. The van der Waals surface area contributed by atoms with E-state index in [2.05, 4.69) is 10.2 Å². The molecule has 25 heavy (non-hydrogen) atoms. The van der Waals surface area contributed by atoms with Crippen molar-refractivity contribution < 1.29 is 18.3 Å². The van der Waals surface area contributed by atoms with Gasteiger partial charge in [-0.25, -0.2) is 8.78 Å². The number of benzene rings is 2. The van der Waals surface area contributed by atoms with Crippen LogP contribution in [0.2, 0.25) is 0 Å². The van der Waals surface area contributed by atoms with Gasteiger partial charge in [0.2, 0.25) is 5.91 Å². The minimum atomic E-state index is -0.717. The Balaban J connectivity index is 1.67. The molecule has 1 aliphatic rings. The number of nitrogens with zero attached hydrogens (tertiary/aromatic N) is 1. The summed E-state index contributed by atoms with van der Waals surface area (Å²) >= 11 is 0. The molecule has 0 aliphatic carbocycles. The smallest absolute Gasteiger partial charge is 0.238 e. The van der Waals surface area contributed by atoms with Crippen molar-refractivity contribution >= 4 is 11.6 Å². The summed E-state index contributed by atoms with van der Waals surface area (Å²) in [5.74, 6) is -0.944. The number of halogens is 2. The van der Waals surface area contributed by atoms with Gasteiger partial charge in [-0.05, 0) is 49.2 Å². The van der Waals surface area contributed by atoms with Crippen LogP contribution in [0.3, 0.4) is 0 Å². The number of likely N-dealkylation sites (tertiary alicyclic amines) is 1. The SMILES string of the molecule is COc1cccc([C@H]2CCCN2CC(=O)Nc2cc(F)cc(F)c2)c1. The third-order valence-corrected chi connectivity index (χ3v) is 4.34. The predicted octanol–water partition coefficient (Wildman–Crippen LogP) is 3.75. The topological polar surface area (TPSA) is 41.6 Å². The van der Waals surface area contributed by atoms with Gasteiger partial charge in [-0.2, -0.15) is 0 Å². The van der Waals surface area contributed by atoms with Gasteiger partial charge >= 0.3 is 0 Å². The van der Waals surface area contributed by atoms with Crippen LogP contribution in [0.4, 0.5) is 14.5 Å². The molecule has 0 unspecified atom stereocenters. The normalized spacial score (nSPS) is 17.5. The van der Waals surface area contributed by atoms with Crippen LogP contribution in [0, 0.1) is 11.6 Å². The van der Waals surface area contributed by atoms with E-state index in [0.29, 0.717) is 0 Å². The molecule has 0 radical (unpaired) electrons. The Morgan fingerprint density at radius 1 is 1.24 bits per heavy atom. The van der Waals surface area contributed by atoms with Gasteiger partial charge in [0.25, 0.3) is 0 Å². The second kappa shape index (κ2) is 7.61.